The van der Waals surface area contributed by atoms with E-state index >= 15 is 0 Å². The van der Waals surface area contributed by atoms with Crippen LogP contribution in [-0.4, -0.2) is 47.6 Å². The molecule has 1 aliphatic heterocycles. The number of piperidine rings is 1. The van der Waals surface area contributed by atoms with Gasteiger partial charge in [0.25, 0.3) is 0 Å². The van der Waals surface area contributed by atoms with Crippen molar-refractivity contribution in [1.82, 2.24) is 9.88 Å². The predicted molar refractivity (Wildman–Crippen MR) is 95.5 cm³/mol. The Hall–Kier alpha value is -2.01. The highest BCUT2D eigenvalue weighted by atomic mass is 16.5. The lowest BCUT2D eigenvalue weighted by Crippen LogP contribution is -2.40. The van der Waals surface area contributed by atoms with Gasteiger partial charge in [-0.25, -0.2) is 4.79 Å². The minimum atomic E-state index is -0.296. The Bertz CT molecular complexity index is 727. The summed E-state index contributed by atoms with van der Waals surface area (Å²) in [5, 5.41) is 4.70. The summed E-state index contributed by atoms with van der Waals surface area (Å²) in [6.45, 7) is 4.63. The van der Waals surface area contributed by atoms with Gasteiger partial charge in [0.05, 0.1) is 6.61 Å². The molecule has 0 atom stereocenters. The fourth-order valence-corrected chi connectivity index (χ4v) is 3.63. The molecule has 1 aromatic carbocycles. The van der Waals surface area contributed by atoms with Gasteiger partial charge in [0, 0.05) is 41.8 Å². The molecule has 5 nitrogen and oxygen atoms in total. The number of aromatic amines is 1. The molecule has 0 spiro atoms. The second-order valence-corrected chi connectivity index (χ2v) is 6.89. The van der Waals surface area contributed by atoms with Crippen molar-refractivity contribution in [2.45, 2.75) is 44.7 Å². The zero-order valence-electron chi connectivity index (χ0n) is 14.2. The number of fused-ring (bicyclic) bond motifs is 1. The van der Waals surface area contributed by atoms with Crippen LogP contribution in [0.3, 0.4) is 0 Å². The van der Waals surface area contributed by atoms with Crippen molar-refractivity contribution in [1.29, 1.82) is 0 Å². The predicted octanol–water partition coefficient (Wildman–Crippen LogP) is 3.38. The molecule has 128 valence electrons. The van der Waals surface area contributed by atoms with E-state index in [9.17, 15) is 4.79 Å². The number of carbonyl (C=O) groups excluding carboxylic acids is 1. The first-order valence-electron chi connectivity index (χ1n) is 9.03. The van der Waals surface area contributed by atoms with Gasteiger partial charge in [0.2, 0.25) is 0 Å². The first kappa shape index (κ1) is 15.5. The third-order valence-corrected chi connectivity index (χ3v) is 5.08. The van der Waals surface area contributed by atoms with Crippen molar-refractivity contribution in [3.63, 3.8) is 0 Å². The number of hydrogen-bond acceptors (Lipinski definition) is 4. The van der Waals surface area contributed by atoms with Crippen molar-refractivity contribution in [2.75, 3.05) is 25.0 Å². The van der Waals surface area contributed by atoms with Gasteiger partial charge in [0.15, 0.2) is 0 Å². The largest absolute Gasteiger partial charge is 0.461 e. The van der Waals surface area contributed by atoms with Gasteiger partial charge in [-0.1, -0.05) is 0 Å². The van der Waals surface area contributed by atoms with E-state index in [-0.39, 0.29) is 5.97 Å². The fraction of sp³-hybridized carbons (Fsp3) is 0.526. The van der Waals surface area contributed by atoms with Crippen molar-refractivity contribution in [3.8, 4) is 0 Å². The molecule has 2 aliphatic rings. The van der Waals surface area contributed by atoms with Gasteiger partial charge in [-0.3, -0.25) is 0 Å². The number of hydrogen-bond donors (Lipinski definition) is 2. The summed E-state index contributed by atoms with van der Waals surface area (Å²) in [6, 6.07) is 9.51. The number of benzene rings is 1. The highest BCUT2D eigenvalue weighted by Crippen LogP contribution is 2.30. The molecule has 2 heterocycles. The van der Waals surface area contributed by atoms with Crippen LogP contribution in [-0.2, 0) is 4.74 Å². The Morgan fingerprint density at radius 2 is 2.04 bits per heavy atom. The Morgan fingerprint density at radius 3 is 2.75 bits per heavy atom. The summed E-state index contributed by atoms with van der Waals surface area (Å²) >= 11 is 0. The lowest BCUT2D eigenvalue weighted by Gasteiger charge is -2.32. The first-order valence-corrected chi connectivity index (χ1v) is 9.03. The van der Waals surface area contributed by atoms with Crippen LogP contribution in [0.15, 0.2) is 24.3 Å². The molecule has 2 aromatic rings. The Kier molecular flexibility index (Phi) is 4.19. The van der Waals surface area contributed by atoms with Crippen LogP contribution in [0.25, 0.3) is 10.9 Å². The van der Waals surface area contributed by atoms with E-state index in [1.807, 2.05) is 19.1 Å². The zero-order valence-corrected chi connectivity index (χ0v) is 14.2. The average molecular weight is 327 g/mol. The van der Waals surface area contributed by atoms with Crippen LogP contribution in [0.1, 0.15) is 43.1 Å². The van der Waals surface area contributed by atoms with E-state index < -0.39 is 0 Å². The minimum absolute atomic E-state index is 0.296. The van der Waals surface area contributed by atoms with Gasteiger partial charge in [-0.2, -0.15) is 0 Å². The number of ether oxygens (including phenoxy) is 1. The monoisotopic (exact) mass is 327 g/mol. The van der Waals surface area contributed by atoms with Gasteiger partial charge < -0.3 is 19.9 Å². The van der Waals surface area contributed by atoms with Crippen LogP contribution in [0.5, 0.6) is 0 Å². The summed E-state index contributed by atoms with van der Waals surface area (Å²) in [4.78, 5) is 17.6. The van der Waals surface area contributed by atoms with Crippen molar-refractivity contribution >= 4 is 22.6 Å². The number of nitrogens with one attached hydrogen (secondary N) is 2. The molecule has 2 N–H and O–H groups in total. The first-order chi connectivity index (χ1) is 11.7. The topological polar surface area (TPSA) is 57.4 Å². The van der Waals surface area contributed by atoms with E-state index in [0.29, 0.717) is 18.3 Å². The molecular formula is C19H25N3O2. The number of anilines is 1. The van der Waals surface area contributed by atoms with E-state index in [1.54, 1.807) is 0 Å². The van der Waals surface area contributed by atoms with Gasteiger partial charge in [-0.15, -0.1) is 0 Å². The van der Waals surface area contributed by atoms with Crippen molar-refractivity contribution < 1.29 is 9.53 Å². The third-order valence-electron chi connectivity index (χ3n) is 5.08. The van der Waals surface area contributed by atoms with Crippen LogP contribution in [0.2, 0.25) is 0 Å². The highest BCUT2D eigenvalue weighted by Gasteiger charge is 2.31. The van der Waals surface area contributed by atoms with Gasteiger partial charge in [-0.05, 0) is 56.9 Å². The van der Waals surface area contributed by atoms with Crippen molar-refractivity contribution in [2.24, 2.45) is 0 Å². The molecule has 0 radical (unpaired) electrons. The second-order valence-electron chi connectivity index (χ2n) is 6.89. The Labute approximate surface area is 142 Å². The molecule has 1 saturated heterocycles. The summed E-state index contributed by atoms with van der Waals surface area (Å²) in [5.74, 6) is -0.296. The van der Waals surface area contributed by atoms with Crippen LogP contribution in [0.4, 0.5) is 5.69 Å². The Morgan fingerprint density at radius 1 is 1.25 bits per heavy atom. The van der Waals surface area contributed by atoms with Crippen LogP contribution in [0, 0.1) is 0 Å². The number of nitrogens with zero attached hydrogens (tertiary/aromatic N) is 1. The zero-order chi connectivity index (χ0) is 16.5. The molecule has 2 fully saturated rings. The summed E-state index contributed by atoms with van der Waals surface area (Å²) in [6.07, 6.45) is 5.20. The number of H-pyrrole nitrogens is 1. The maximum absolute atomic E-state index is 11.8. The minimum Gasteiger partial charge on any atom is -0.461 e. The number of carbonyl (C=O) groups is 1. The maximum atomic E-state index is 11.8. The molecule has 1 saturated carbocycles. The molecule has 0 unspecified atom stereocenters. The normalized spacial score (nSPS) is 19.5. The number of esters is 1. The number of likely N-dealkylation sites (tertiary alicyclic amines) is 1. The summed E-state index contributed by atoms with van der Waals surface area (Å²) < 4.78 is 5.05. The lowest BCUT2D eigenvalue weighted by atomic mass is 10.0. The maximum Gasteiger partial charge on any atom is 0.354 e. The smallest absolute Gasteiger partial charge is 0.354 e. The van der Waals surface area contributed by atoms with Gasteiger partial charge >= 0.3 is 5.97 Å². The standard InChI is InChI=1S/C19H25N3O2/c1-2-24-19(23)18-12-13-11-15(3-6-17(13)21-18)20-14-7-9-22(10-8-14)16-4-5-16/h3,6,11-12,14,16,20-21H,2,4-5,7-10H2,1H3. The van der Waals surface area contributed by atoms with E-state index in [1.165, 1.54) is 38.8 Å². The van der Waals surface area contributed by atoms with Gasteiger partial charge in [0.1, 0.15) is 5.69 Å². The molecule has 4 rings (SSSR count). The molecule has 1 aromatic heterocycles. The summed E-state index contributed by atoms with van der Waals surface area (Å²) in [5.41, 5.74) is 2.61. The molecular weight excluding hydrogens is 302 g/mol. The SMILES string of the molecule is CCOC(=O)c1cc2cc(NC3CCN(C4CC4)CC3)ccc2[nH]1. The van der Waals surface area contributed by atoms with Crippen LogP contribution >= 0.6 is 0 Å². The lowest BCUT2D eigenvalue weighted by molar-refractivity contribution is 0.0520. The Balaban J connectivity index is 1.42. The second kappa shape index (κ2) is 6.48. The molecule has 24 heavy (non-hydrogen) atoms. The van der Waals surface area contributed by atoms with E-state index in [4.69, 9.17) is 4.74 Å². The number of rotatable bonds is 5. The number of aromatic nitrogens is 1. The quantitative estimate of drug-likeness (QED) is 0.827. The highest BCUT2D eigenvalue weighted by molar-refractivity contribution is 5.95. The van der Waals surface area contributed by atoms with E-state index in [2.05, 4.69) is 27.3 Å². The fourth-order valence-electron chi connectivity index (χ4n) is 3.63. The van der Waals surface area contributed by atoms with Crippen LogP contribution < -0.4 is 5.32 Å². The average Bonchev–Trinajstić information content (AvgIpc) is 3.35. The molecule has 5 heteroatoms. The van der Waals surface area contributed by atoms with Crippen molar-refractivity contribution in [3.05, 3.63) is 30.0 Å². The molecule has 0 amide bonds. The third kappa shape index (κ3) is 3.26. The van der Waals surface area contributed by atoms with E-state index in [0.717, 1.165) is 22.6 Å². The molecule has 1 aliphatic carbocycles. The summed E-state index contributed by atoms with van der Waals surface area (Å²) in [7, 11) is 0. The molecule has 0 bridgehead atoms.